The third-order valence-electron chi connectivity index (χ3n) is 17.4. The zero-order valence-electron chi connectivity index (χ0n) is 54.7. The third kappa shape index (κ3) is 15.5. The van der Waals surface area contributed by atoms with Crippen LogP contribution in [-0.2, 0) is 17.8 Å². The van der Waals surface area contributed by atoms with Crippen molar-refractivity contribution in [3.8, 4) is 39.5 Å². The minimum absolute atomic E-state index is 0.0217. The minimum atomic E-state index is -1.15. The fourth-order valence-corrected chi connectivity index (χ4v) is 12.0. The summed E-state index contributed by atoms with van der Waals surface area (Å²) in [5.41, 5.74) is 45.8. The number of nitrogen functional groups attached to an aromatic ring is 3. The molecule has 1 saturated carbocycles. The number of aromatic nitrogens is 6. The zero-order valence-corrected chi connectivity index (χ0v) is 54.7. The number of carbonyl (C=O) groups is 6. The normalized spacial score (nSPS) is 13.8. The lowest BCUT2D eigenvalue weighted by Gasteiger charge is -2.23. The topological polar surface area (TPSA) is 357 Å². The molecule has 504 valence electrons. The van der Waals surface area contributed by atoms with E-state index in [2.05, 4.69) is 31.2 Å². The fraction of sp³-hybridized carbons (Fsp3) is 0.230. The molecule has 6 amide bonds. The van der Waals surface area contributed by atoms with Gasteiger partial charge in [-0.3, -0.25) is 28.8 Å². The van der Waals surface area contributed by atoms with Crippen molar-refractivity contribution >= 4 is 52.9 Å². The quantitative estimate of drug-likeness (QED) is 0.0386. The van der Waals surface area contributed by atoms with Gasteiger partial charge in [-0.25, -0.2) is 22.8 Å². The Hall–Kier alpha value is -11.8. The maximum atomic E-state index is 14.3. The molecule has 24 heteroatoms. The van der Waals surface area contributed by atoms with Gasteiger partial charge >= 0.3 is 0 Å². The predicted molar refractivity (Wildman–Crippen MR) is 371 cm³/mol. The number of hydrogen-bond donors (Lipinski definition) is 9. The van der Waals surface area contributed by atoms with Crippen LogP contribution in [0.3, 0.4) is 0 Å². The number of hydrogen-bond acceptors (Lipinski definition) is 13. The molecular formula is C74H77F2N15O7. The van der Waals surface area contributed by atoms with Crippen molar-refractivity contribution < 1.29 is 42.3 Å². The summed E-state index contributed by atoms with van der Waals surface area (Å²) in [5.74, 6) is -4.32. The molecule has 2 atom stereocenters. The highest BCUT2D eigenvalue weighted by Gasteiger charge is 2.30. The van der Waals surface area contributed by atoms with Gasteiger partial charge in [0.05, 0.1) is 24.7 Å². The molecule has 1 aliphatic heterocycles. The second-order valence-corrected chi connectivity index (χ2v) is 24.1. The van der Waals surface area contributed by atoms with Crippen molar-refractivity contribution in [3.05, 3.63) is 242 Å². The molecule has 7 aromatic carbocycles. The van der Waals surface area contributed by atoms with E-state index in [-0.39, 0.29) is 82.1 Å². The summed E-state index contributed by atoms with van der Waals surface area (Å²) in [6.07, 6.45) is 6.05. The van der Waals surface area contributed by atoms with Gasteiger partial charge < -0.3 is 55.1 Å². The molecule has 4 heterocycles. The van der Waals surface area contributed by atoms with Gasteiger partial charge in [0.15, 0.2) is 11.6 Å². The van der Waals surface area contributed by atoms with Crippen molar-refractivity contribution in [3.63, 3.8) is 0 Å². The van der Waals surface area contributed by atoms with Crippen LogP contribution < -0.4 is 50.4 Å². The number of primary amides is 3. The first-order valence-corrected chi connectivity index (χ1v) is 32.0. The number of carbonyl (C=O) groups excluding carboxylic acids is 6. The van der Waals surface area contributed by atoms with Gasteiger partial charge in [0.25, 0.3) is 35.4 Å². The molecule has 1 saturated heterocycles. The monoisotopic (exact) mass is 1330 g/mol. The van der Waals surface area contributed by atoms with Gasteiger partial charge in [0.2, 0.25) is 0 Å². The molecule has 98 heavy (non-hydrogen) atoms. The van der Waals surface area contributed by atoms with Crippen LogP contribution in [0.25, 0.3) is 39.5 Å². The lowest BCUT2D eigenvalue weighted by molar-refractivity contribution is 0.0558. The van der Waals surface area contributed by atoms with Crippen molar-refractivity contribution in [2.45, 2.75) is 97.4 Å². The van der Waals surface area contributed by atoms with Crippen LogP contribution in [0, 0.1) is 32.4 Å². The first-order chi connectivity index (χ1) is 47.1. The number of nitrogens with one attached hydrogen (secondary N) is 3. The van der Waals surface area contributed by atoms with Gasteiger partial charge in [-0.2, -0.15) is 15.3 Å². The van der Waals surface area contributed by atoms with Crippen molar-refractivity contribution in [2.75, 3.05) is 30.4 Å². The molecule has 10 aromatic rings. The number of ether oxygens (including phenoxy) is 1. The number of benzene rings is 7. The molecule has 2 fully saturated rings. The van der Waals surface area contributed by atoms with E-state index in [0.717, 1.165) is 100 Å². The number of halogens is 2. The summed E-state index contributed by atoms with van der Waals surface area (Å²) in [6, 6.07) is 47.7. The molecule has 2 unspecified atom stereocenters. The highest BCUT2D eigenvalue weighted by molar-refractivity contribution is 6.05. The summed E-state index contributed by atoms with van der Waals surface area (Å²) in [4.78, 5) is 73.9. The van der Waals surface area contributed by atoms with Crippen molar-refractivity contribution in [2.24, 2.45) is 17.2 Å². The summed E-state index contributed by atoms with van der Waals surface area (Å²) in [5, 5.41) is 22.4. The summed E-state index contributed by atoms with van der Waals surface area (Å²) < 4.78 is 37.9. The first kappa shape index (κ1) is 69.1. The highest BCUT2D eigenvalue weighted by Crippen LogP contribution is 2.37. The van der Waals surface area contributed by atoms with Crippen LogP contribution in [0.2, 0.25) is 0 Å². The molecular weight excluding hydrogens is 1250 g/mol. The van der Waals surface area contributed by atoms with Crippen LogP contribution in [0.4, 0.5) is 26.2 Å². The van der Waals surface area contributed by atoms with Crippen LogP contribution >= 0.6 is 0 Å². The van der Waals surface area contributed by atoms with E-state index in [1.165, 1.54) is 12.1 Å². The van der Waals surface area contributed by atoms with Crippen LogP contribution in [0.15, 0.2) is 164 Å². The van der Waals surface area contributed by atoms with Gasteiger partial charge in [-0.1, -0.05) is 146 Å². The summed E-state index contributed by atoms with van der Waals surface area (Å²) in [7, 11) is 0. The number of nitrogens with zero attached hydrogens (tertiary/aromatic N) is 6. The molecule has 12 rings (SSSR count). The van der Waals surface area contributed by atoms with Crippen LogP contribution in [0.1, 0.15) is 159 Å². The molecule has 2 aliphatic rings. The molecule has 15 N–H and O–H groups in total. The summed E-state index contributed by atoms with van der Waals surface area (Å²) in [6.45, 7) is 9.50. The minimum Gasteiger partial charge on any atom is -0.383 e. The smallest absolute Gasteiger partial charge is 0.254 e. The number of amides is 6. The van der Waals surface area contributed by atoms with Gasteiger partial charge in [0, 0.05) is 53.1 Å². The van der Waals surface area contributed by atoms with E-state index >= 15 is 0 Å². The average molecular weight is 1330 g/mol. The van der Waals surface area contributed by atoms with Crippen molar-refractivity contribution in [1.82, 2.24) is 45.3 Å². The number of nitrogens with two attached hydrogens (primary N) is 6. The largest absolute Gasteiger partial charge is 0.383 e. The van der Waals surface area contributed by atoms with Gasteiger partial charge in [-0.05, 0) is 117 Å². The molecule has 22 nitrogen and oxygen atoms in total. The average Bonchev–Trinajstić information content (AvgIpc) is 1.65. The Morgan fingerprint density at radius 1 is 0.500 bits per heavy atom. The maximum absolute atomic E-state index is 14.3. The van der Waals surface area contributed by atoms with Crippen LogP contribution in [0.5, 0.6) is 0 Å². The number of rotatable bonds is 18. The standard InChI is InChI=1S/C25H21F2N5O2.C25H29N5O2.C24H27N5O3/c1-14-5-2-3-6-17(14)25(34)30-13-15-9-11-16(12-10-15)22-20(24(29)33)23(28)32(31-22)19-8-4-7-18(26)21(19)27;1-15-7-3-6-10-20(15)25(32)28-16(2)17-11-13-18(14-12-17)22-21(24(27)31)23(26)30(29-22)19-8-4-5-9-19;1-15-5-2-3-7-19(15)24(31)27-13-16-8-10-17(11-9-16)21-20(23(26)30)22(25)29(28-21)18-6-4-12-32-14-18/h2-12H,13,28H2,1H3,(H2,29,33)(H,30,34);3,6-7,10-14,16,19H,4-5,8-9,26H2,1-2H3,(H2,27,31)(H,28,32);2-3,5,7-11,18H,4,6,12-14,25H2,1H3,(H2,26,30)(H,27,31). The summed E-state index contributed by atoms with van der Waals surface area (Å²) >= 11 is 0. The molecule has 1 aliphatic carbocycles. The lowest BCUT2D eigenvalue weighted by Crippen LogP contribution is -2.27. The van der Waals surface area contributed by atoms with Crippen molar-refractivity contribution in [1.29, 1.82) is 0 Å². The maximum Gasteiger partial charge on any atom is 0.254 e. The SMILES string of the molecule is Cc1ccccc1C(=O)NC(C)c1ccc(-c2nn(C3CCCC3)c(N)c2C(N)=O)cc1.Cc1ccccc1C(=O)NCc1ccc(-c2nn(-c3cccc(F)c3F)c(N)c2C(N)=O)cc1.Cc1ccccc1C(=O)NCc1ccc(-c2nn(C3CCCOC3)c(N)c2C(N)=O)cc1. The van der Waals surface area contributed by atoms with E-state index in [1.54, 1.807) is 51.8 Å². The third-order valence-corrected chi connectivity index (χ3v) is 17.4. The Morgan fingerprint density at radius 2 is 0.908 bits per heavy atom. The molecule has 0 spiro atoms. The van der Waals surface area contributed by atoms with Crippen LogP contribution in [-0.4, -0.2) is 78.0 Å². The van der Waals surface area contributed by atoms with Gasteiger partial charge in [-0.15, -0.1) is 0 Å². The lowest BCUT2D eigenvalue weighted by atomic mass is 10.0. The van der Waals surface area contributed by atoms with E-state index in [0.29, 0.717) is 52.6 Å². The molecule has 0 radical (unpaired) electrons. The number of aryl methyl sites for hydroxylation is 3. The van der Waals surface area contributed by atoms with Gasteiger partial charge in [0.1, 0.15) is 56.9 Å². The number of anilines is 3. The van der Waals surface area contributed by atoms with E-state index in [1.807, 2.05) is 131 Å². The zero-order chi connectivity index (χ0) is 69.9. The highest BCUT2D eigenvalue weighted by atomic mass is 19.2. The second-order valence-electron chi connectivity index (χ2n) is 24.1. The van der Waals surface area contributed by atoms with E-state index < -0.39 is 29.4 Å². The predicted octanol–water partition coefficient (Wildman–Crippen LogP) is 10.7. The Labute approximate surface area is 564 Å². The first-order valence-electron chi connectivity index (χ1n) is 32.0. The van der Waals surface area contributed by atoms with E-state index in [4.69, 9.17) is 39.1 Å². The molecule has 3 aromatic heterocycles. The Bertz CT molecular complexity index is 4590. The second kappa shape index (κ2) is 30.7. The Kier molecular flexibility index (Phi) is 21.7. The molecule has 0 bridgehead atoms. The van der Waals surface area contributed by atoms with E-state index in [9.17, 15) is 37.5 Å². The Balaban J connectivity index is 0.000000159. The fourth-order valence-electron chi connectivity index (χ4n) is 12.0. The Morgan fingerprint density at radius 3 is 1.35 bits per heavy atom.